The highest BCUT2D eigenvalue weighted by Crippen LogP contribution is 2.14. The number of sulfonamides is 1. The predicted molar refractivity (Wildman–Crippen MR) is 72.2 cm³/mol. The van der Waals surface area contributed by atoms with Gasteiger partial charge in [0.15, 0.2) is 0 Å². The maximum Gasteiger partial charge on any atom is 0.306 e. The lowest BCUT2D eigenvalue weighted by molar-refractivity contribution is -0.140. The number of rotatable bonds is 5. The highest BCUT2D eigenvalue weighted by Gasteiger charge is 2.16. The van der Waals surface area contributed by atoms with E-state index < -0.39 is 28.4 Å². The fraction of sp³-hybridized carbons (Fsp3) is 0.308. The Labute approximate surface area is 122 Å². The van der Waals surface area contributed by atoms with Gasteiger partial charge >= 0.3 is 5.97 Å². The minimum Gasteiger partial charge on any atom is -0.469 e. The van der Waals surface area contributed by atoms with Crippen molar-refractivity contribution in [1.82, 2.24) is 4.72 Å². The zero-order valence-corrected chi connectivity index (χ0v) is 12.0. The summed E-state index contributed by atoms with van der Waals surface area (Å²) >= 11 is 0. The first-order chi connectivity index (χ1) is 9.90. The Balaban J connectivity index is 2.84. The number of benzene rings is 1. The second-order valence-corrected chi connectivity index (χ2v) is 5.59. The minimum atomic E-state index is -3.92. The van der Waals surface area contributed by atoms with Crippen LogP contribution in [0.2, 0.25) is 0 Å². The number of hydrogen-bond acceptors (Lipinski definition) is 5. The Hall–Kier alpha value is -1.95. The monoisotopic (exact) mass is 315 g/mol. The van der Waals surface area contributed by atoms with Crippen molar-refractivity contribution in [3.63, 3.8) is 0 Å². The lowest BCUT2D eigenvalue weighted by Crippen LogP contribution is -2.26. The summed E-state index contributed by atoms with van der Waals surface area (Å²) < 4.78 is 43.9. The molecule has 0 aromatic heterocycles. The molecule has 0 saturated carbocycles. The molecule has 0 bridgehead atoms. The van der Waals surface area contributed by atoms with Gasteiger partial charge in [0.2, 0.25) is 10.0 Å². The molecule has 8 heteroatoms. The number of carbonyl (C=O) groups excluding carboxylic acids is 1. The summed E-state index contributed by atoms with van der Waals surface area (Å²) in [7, 11) is -2.73. The number of esters is 1. The van der Waals surface area contributed by atoms with Crippen LogP contribution in [0.25, 0.3) is 0 Å². The SMILES string of the molecule is COC(=O)CCNS(=O)(=O)c1ccc(C#CCO)c(F)c1. The third-order valence-electron chi connectivity index (χ3n) is 2.40. The van der Waals surface area contributed by atoms with Gasteiger partial charge in [0.05, 0.1) is 24.0 Å². The van der Waals surface area contributed by atoms with Crippen LogP contribution in [-0.2, 0) is 19.6 Å². The first-order valence-corrected chi connectivity index (χ1v) is 7.35. The number of aliphatic hydroxyl groups is 1. The van der Waals surface area contributed by atoms with Crippen molar-refractivity contribution in [2.75, 3.05) is 20.3 Å². The molecule has 1 aromatic rings. The average Bonchev–Trinajstić information content (AvgIpc) is 2.45. The summed E-state index contributed by atoms with van der Waals surface area (Å²) in [6.45, 7) is -0.572. The number of ether oxygens (including phenoxy) is 1. The number of methoxy groups -OCH3 is 1. The van der Waals surface area contributed by atoms with E-state index in [0.717, 1.165) is 6.07 Å². The Morgan fingerprint density at radius 2 is 2.19 bits per heavy atom. The van der Waals surface area contributed by atoms with Crippen LogP contribution in [0, 0.1) is 17.7 Å². The van der Waals surface area contributed by atoms with Gasteiger partial charge in [-0.15, -0.1) is 0 Å². The smallest absolute Gasteiger partial charge is 0.306 e. The molecule has 0 aliphatic heterocycles. The van der Waals surface area contributed by atoms with E-state index in [-0.39, 0.29) is 23.4 Å². The maximum absolute atomic E-state index is 13.7. The molecule has 0 heterocycles. The topological polar surface area (TPSA) is 92.7 Å². The van der Waals surface area contributed by atoms with Crippen LogP contribution >= 0.6 is 0 Å². The maximum atomic E-state index is 13.7. The molecule has 0 aliphatic rings. The van der Waals surface area contributed by atoms with Gasteiger partial charge in [0.25, 0.3) is 0 Å². The molecule has 0 spiro atoms. The standard InChI is InChI=1S/C13H14FNO5S/c1-20-13(17)6-7-15-21(18,19)11-5-4-10(3-2-8-16)12(14)9-11/h4-5,9,15-16H,6-8H2,1H3. The largest absolute Gasteiger partial charge is 0.469 e. The van der Waals surface area contributed by atoms with Gasteiger partial charge in [0, 0.05) is 6.54 Å². The second kappa shape index (κ2) is 7.73. The van der Waals surface area contributed by atoms with Crippen molar-refractivity contribution in [2.24, 2.45) is 0 Å². The Bertz CT molecular complexity index is 676. The van der Waals surface area contributed by atoms with Gasteiger partial charge in [-0.1, -0.05) is 11.8 Å². The van der Waals surface area contributed by atoms with Gasteiger partial charge in [-0.25, -0.2) is 17.5 Å². The van der Waals surface area contributed by atoms with Gasteiger partial charge in [-0.3, -0.25) is 4.79 Å². The summed E-state index contributed by atoms with van der Waals surface area (Å²) in [5, 5.41) is 8.52. The van der Waals surface area contributed by atoms with E-state index in [0.29, 0.717) is 0 Å². The summed E-state index contributed by atoms with van der Waals surface area (Å²) in [5.41, 5.74) is -0.0161. The fourth-order valence-corrected chi connectivity index (χ4v) is 2.42. The second-order valence-electron chi connectivity index (χ2n) is 3.83. The van der Waals surface area contributed by atoms with E-state index in [2.05, 4.69) is 21.3 Å². The van der Waals surface area contributed by atoms with Crippen LogP contribution in [-0.4, -0.2) is 39.8 Å². The number of nitrogens with one attached hydrogen (secondary N) is 1. The number of aliphatic hydroxyl groups excluding tert-OH is 1. The van der Waals surface area contributed by atoms with Crippen molar-refractivity contribution in [1.29, 1.82) is 0 Å². The normalized spacial score (nSPS) is 10.6. The molecule has 0 fully saturated rings. The molecule has 0 atom stereocenters. The van der Waals surface area contributed by atoms with Crippen LogP contribution in [0.4, 0.5) is 4.39 Å². The van der Waals surface area contributed by atoms with Crippen LogP contribution in [0.15, 0.2) is 23.1 Å². The van der Waals surface area contributed by atoms with Crippen molar-refractivity contribution in [3.8, 4) is 11.8 Å². The van der Waals surface area contributed by atoms with Gasteiger partial charge in [-0.05, 0) is 18.2 Å². The van der Waals surface area contributed by atoms with E-state index in [1.807, 2.05) is 0 Å². The number of halogens is 1. The van der Waals surface area contributed by atoms with Gasteiger partial charge < -0.3 is 9.84 Å². The lowest BCUT2D eigenvalue weighted by Gasteiger charge is -2.06. The van der Waals surface area contributed by atoms with Gasteiger partial charge in [0.1, 0.15) is 12.4 Å². The number of carbonyl (C=O) groups is 1. The molecule has 6 nitrogen and oxygen atoms in total. The van der Waals surface area contributed by atoms with Crippen LogP contribution < -0.4 is 4.72 Å². The summed E-state index contributed by atoms with van der Waals surface area (Å²) in [6.07, 6.45) is -0.127. The third-order valence-corrected chi connectivity index (χ3v) is 3.86. The highest BCUT2D eigenvalue weighted by atomic mass is 32.2. The summed E-state index contributed by atoms with van der Waals surface area (Å²) in [6, 6.07) is 3.21. The fourth-order valence-electron chi connectivity index (χ4n) is 1.37. The van der Waals surface area contributed by atoms with Crippen LogP contribution in [0.1, 0.15) is 12.0 Å². The molecule has 1 rings (SSSR count). The Morgan fingerprint density at radius 1 is 1.48 bits per heavy atom. The molecule has 0 radical (unpaired) electrons. The quantitative estimate of drug-likeness (QED) is 0.590. The van der Waals surface area contributed by atoms with Crippen molar-refractivity contribution >= 4 is 16.0 Å². The minimum absolute atomic E-state index is 0.0161. The van der Waals surface area contributed by atoms with E-state index >= 15 is 0 Å². The van der Waals surface area contributed by atoms with E-state index in [9.17, 15) is 17.6 Å². The Kier molecular flexibility index (Phi) is 6.30. The zero-order valence-electron chi connectivity index (χ0n) is 11.2. The number of hydrogen-bond donors (Lipinski definition) is 2. The van der Waals surface area contributed by atoms with E-state index in [4.69, 9.17) is 5.11 Å². The average molecular weight is 315 g/mol. The highest BCUT2D eigenvalue weighted by molar-refractivity contribution is 7.89. The molecular weight excluding hydrogens is 301 g/mol. The molecule has 0 amide bonds. The molecule has 1 aromatic carbocycles. The zero-order chi connectivity index (χ0) is 15.9. The Morgan fingerprint density at radius 3 is 2.76 bits per heavy atom. The molecule has 21 heavy (non-hydrogen) atoms. The molecule has 0 saturated heterocycles. The van der Waals surface area contributed by atoms with Gasteiger partial charge in [-0.2, -0.15) is 0 Å². The predicted octanol–water partition coefficient (Wildman–Crippen LogP) is 0.0109. The summed E-state index contributed by atoms with van der Waals surface area (Å²) in [5.74, 6) is 3.25. The van der Waals surface area contributed by atoms with E-state index in [1.165, 1.54) is 19.2 Å². The lowest BCUT2D eigenvalue weighted by atomic mass is 10.2. The van der Waals surface area contributed by atoms with Crippen molar-refractivity contribution < 1.29 is 27.4 Å². The first kappa shape index (κ1) is 17.1. The van der Waals surface area contributed by atoms with Crippen molar-refractivity contribution in [2.45, 2.75) is 11.3 Å². The molecule has 0 unspecified atom stereocenters. The van der Waals surface area contributed by atoms with E-state index in [1.54, 1.807) is 0 Å². The van der Waals surface area contributed by atoms with Crippen molar-refractivity contribution in [3.05, 3.63) is 29.6 Å². The van der Waals surface area contributed by atoms with Crippen LogP contribution in [0.3, 0.4) is 0 Å². The molecule has 0 aliphatic carbocycles. The molecular formula is C13H14FNO5S. The molecule has 2 N–H and O–H groups in total. The first-order valence-electron chi connectivity index (χ1n) is 5.86. The third kappa shape index (κ3) is 5.15. The summed E-state index contributed by atoms with van der Waals surface area (Å²) in [4.78, 5) is 10.6. The molecule has 114 valence electrons. The van der Waals surface area contributed by atoms with Crippen LogP contribution in [0.5, 0.6) is 0 Å².